The molecule has 0 amide bonds. The van der Waals surface area contributed by atoms with E-state index in [4.69, 9.17) is 23.2 Å². The van der Waals surface area contributed by atoms with Crippen molar-refractivity contribution in [3.63, 3.8) is 0 Å². The molecule has 0 aromatic heterocycles. The zero-order valence-electron chi connectivity index (χ0n) is 12.5. The summed E-state index contributed by atoms with van der Waals surface area (Å²) < 4.78 is 0. The van der Waals surface area contributed by atoms with Crippen molar-refractivity contribution in [2.75, 3.05) is 13.1 Å². The molecule has 2 aromatic carbocycles. The Labute approximate surface area is 137 Å². The zero-order valence-corrected chi connectivity index (χ0v) is 14.0. The van der Waals surface area contributed by atoms with Gasteiger partial charge in [-0.05, 0) is 42.6 Å². The largest absolute Gasteiger partial charge is 0.316 e. The van der Waals surface area contributed by atoms with Gasteiger partial charge in [-0.1, -0.05) is 66.5 Å². The Morgan fingerprint density at radius 1 is 1.05 bits per heavy atom. The predicted octanol–water partition coefficient (Wildman–Crippen LogP) is 5.24. The molecule has 0 aliphatic carbocycles. The van der Waals surface area contributed by atoms with Crippen LogP contribution in [0.2, 0.25) is 10.0 Å². The lowest BCUT2D eigenvalue weighted by Gasteiger charge is -2.21. The fourth-order valence-electron chi connectivity index (χ4n) is 2.63. The number of benzene rings is 2. The van der Waals surface area contributed by atoms with Gasteiger partial charge in [0.2, 0.25) is 0 Å². The summed E-state index contributed by atoms with van der Waals surface area (Å²) in [6, 6.07) is 14.4. The van der Waals surface area contributed by atoms with E-state index in [2.05, 4.69) is 49.5 Å². The summed E-state index contributed by atoms with van der Waals surface area (Å²) in [6.45, 7) is 6.19. The lowest BCUT2D eigenvalue weighted by atomic mass is 9.89. The fraction of sp³-hybridized carbons (Fsp3) is 0.333. The van der Waals surface area contributed by atoms with Crippen molar-refractivity contribution in [2.45, 2.75) is 26.2 Å². The van der Waals surface area contributed by atoms with Crippen LogP contribution < -0.4 is 5.32 Å². The van der Waals surface area contributed by atoms with Crippen LogP contribution in [0.4, 0.5) is 0 Å². The first-order chi connectivity index (χ1) is 10.1. The quantitative estimate of drug-likeness (QED) is 0.767. The van der Waals surface area contributed by atoms with Crippen LogP contribution in [0.3, 0.4) is 0 Å². The first kappa shape index (κ1) is 16.4. The molecule has 0 spiro atoms. The molecular formula is C18H21Cl2N. The van der Waals surface area contributed by atoms with Gasteiger partial charge in [0.25, 0.3) is 0 Å². The summed E-state index contributed by atoms with van der Waals surface area (Å²) in [5.74, 6) is 0.391. The molecule has 112 valence electrons. The van der Waals surface area contributed by atoms with Crippen molar-refractivity contribution >= 4 is 23.2 Å². The Morgan fingerprint density at radius 2 is 1.81 bits per heavy atom. The van der Waals surface area contributed by atoms with Gasteiger partial charge in [0, 0.05) is 12.5 Å². The Morgan fingerprint density at radius 3 is 2.52 bits per heavy atom. The van der Waals surface area contributed by atoms with E-state index < -0.39 is 0 Å². The molecular weight excluding hydrogens is 301 g/mol. The van der Waals surface area contributed by atoms with Crippen LogP contribution in [-0.4, -0.2) is 13.1 Å². The third-order valence-electron chi connectivity index (χ3n) is 3.77. The van der Waals surface area contributed by atoms with E-state index in [-0.39, 0.29) is 0 Å². The standard InChI is InChI=1S/C18H21Cl2N/c1-3-21-12-15(16-9-5-4-7-13(16)2)11-14-8-6-10-17(19)18(14)20/h4-10,15,21H,3,11-12H2,1-2H3. The van der Waals surface area contributed by atoms with Crippen LogP contribution in [-0.2, 0) is 6.42 Å². The summed E-state index contributed by atoms with van der Waals surface area (Å²) >= 11 is 12.5. The monoisotopic (exact) mass is 321 g/mol. The molecule has 0 saturated carbocycles. The second-order valence-corrected chi connectivity index (χ2v) is 6.06. The Balaban J connectivity index is 2.28. The summed E-state index contributed by atoms with van der Waals surface area (Å²) in [6.07, 6.45) is 0.886. The first-order valence-electron chi connectivity index (χ1n) is 7.32. The molecule has 0 saturated heterocycles. The second-order valence-electron chi connectivity index (χ2n) is 5.28. The average molecular weight is 322 g/mol. The molecule has 0 bridgehead atoms. The van der Waals surface area contributed by atoms with Gasteiger partial charge in [0.15, 0.2) is 0 Å². The van der Waals surface area contributed by atoms with E-state index in [0.29, 0.717) is 16.0 Å². The molecule has 2 rings (SSSR count). The summed E-state index contributed by atoms with van der Waals surface area (Å²) in [4.78, 5) is 0. The lowest BCUT2D eigenvalue weighted by Crippen LogP contribution is -2.23. The molecule has 0 radical (unpaired) electrons. The van der Waals surface area contributed by atoms with Crippen molar-refractivity contribution < 1.29 is 0 Å². The highest BCUT2D eigenvalue weighted by molar-refractivity contribution is 6.42. The fourth-order valence-corrected chi connectivity index (χ4v) is 3.02. The van der Waals surface area contributed by atoms with Crippen LogP contribution in [0.15, 0.2) is 42.5 Å². The first-order valence-corrected chi connectivity index (χ1v) is 8.08. The SMILES string of the molecule is CCNCC(Cc1cccc(Cl)c1Cl)c1ccccc1C. The maximum Gasteiger partial charge on any atom is 0.0624 e. The summed E-state index contributed by atoms with van der Waals surface area (Å²) in [5.41, 5.74) is 3.79. The molecule has 3 heteroatoms. The average Bonchev–Trinajstić information content (AvgIpc) is 2.48. The van der Waals surface area contributed by atoms with Crippen LogP contribution in [0.25, 0.3) is 0 Å². The van der Waals surface area contributed by atoms with Gasteiger partial charge >= 0.3 is 0 Å². The molecule has 1 unspecified atom stereocenters. The molecule has 1 nitrogen and oxygen atoms in total. The number of rotatable bonds is 6. The van der Waals surface area contributed by atoms with Gasteiger partial charge in [-0.25, -0.2) is 0 Å². The predicted molar refractivity (Wildman–Crippen MR) is 92.6 cm³/mol. The van der Waals surface area contributed by atoms with Crippen LogP contribution >= 0.6 is 23.2 Å². The van der Waals surface area contributed by atoms with Crippen molar-refractivity contribution in [1.82, 2.24) is 5.32 Å². The highest BCUT2D eigenvalue weighted by Crippen LogP contribution is 2.30. The number of hydrogen-bond donors (Lipinski definition) is 1. The summed E-state index contributed by atoms with van der Waals surface area (Å²) in [5, 5.41) is 4.75. The van der Waals surface area contributed by atoms with Crippen molar-refractivity contribution in [2.24, 2.45) is 0 Å². The second kappa shape index (κ2) is 7.84. The summed E-state index contributed by atoms with van der Waals surface area (Å²) in [7, 11) is 0. The van der Waals surface area contributed by atoms with Crippen LogP contribution in [0, 0.1) is 6.92 Å². The lowest BCUT2D eigenvalue weighted by molar-refractivity contribution is 0.593. The zero-order chi connectivity index (χ0) is 15.2. The van der Waals surface area contributed by atoms with Crippen molar-refractivity contribution in [3.8, 4) is 0 Å². The number of nitrogens with one attached hydrogen (secondary N) is 1. The molecule has 2 aromatic rings. The smallest absolute Gasteiger partial charge is 0.0624 e. The third-order valence-corrected chi connectivity index (χ3v) is 4.62. The van der Waals surface area contributed by atoms with Crippen LogP contribution in [0.1, 0.15) is 29.5 Å². The molecule has 0 aliphatic rings. The molecule has 0 fully saturated rings. The van der Waals surface area contributed by atoms with E-state index in [1.54, 1.807) is 0 Å². The molecule has 21 heavy (non-hydrogen) atoms. The maximum atomic E-state index is 6.35. The highest BCUT2D eigenvalue weighted by atomic mass is 35.5. The number of halogens is 2. The number of aryl methyl sites for hydroxylation is 1. The van der Waals surface area contributed by atoms with E-state index >= 15 is 0 Å². The highest BCUT2D eigenvalue weighted by Gasteiger charge is 2.16. The Kier molecular flexibility index (Phi) is 6.10. The Hall–Kier alpha value is -1.02. The van der Waals surface area contributed by atoms with Gasteiger partial charge in [0.1, 0.15) is 0 Å². The molecule has 0 aliphatic heterocycles. The molecule has 1 atom stereocenters. The third kappa shape index (κ3) is 4.23. The number of likely N-dealkylation sites (N-methyl/N-ethyl adjacent to an activating group) is 1. The van der Waals surface area contributed by atoms with Crippen molar-refractivity contribution in [1.29, 1.82) is 0 Å². The van der Waals surface area contributed by atoms with E-state index in [1.807, 2.05) is 12.1 Å². The minimum absolute atomic E-state index is 0.391. The Bertz CT molecular complexity index is 596. The number of hydrogen-bond acceptors (Lipinski definition) is 1. The normalized spacial score (nSPS) is 12.4. The van der Waals surface area contributed by atoms with Gasteiger partial charge in [-0.15, -0.1) is 0 Å². The van der Waals surface area contributed by atoms with E-state index in [1.165, 1.54) is 11.1 Å². The molecule has 0 heterocycles. The van der Waals surface area contributed by atoms with Gasteiger partial charge < -0.3 is 5.32 Å². The van der Waals surface area contributed by atoms with Crippen LogP contribution in [0.5, 0.6) is 0 Å². The maximum absolute atomic E-state index is 6.35. The minimum atomic E-state index is 0.391. The van der Waals surface area contributed by atoms with Gasteiger partial charge in [0.05, 0.1) is 10.0 Å². The van der Waals surface area contributed by atoms with E-state index in [0.717, 1.165) is 25.1 Å². The van der Waals surface area contributed by atoms with E-state index in [9.17, 15) is 0 Å². The minimum Gasteiger partial charge on any atom is -0.316 e. The van der Waals surface area contributed by atoms with Crippen molar-refractivity contribution in [3.05, 3.63) is 69.2 Å². The van der Waals surface area contributed by atoms with Gasteiger partial charge in [-0.3, -0.25) is 0 Å². The van der Waals surface area contributed by atoms with Gasteiger partial charge in [-0.2, -0.15) is 0 Å². The topological polar surface area (TPSA) is 12.0 Å². The molecule has 1 N–H and O–H groups in total.